The first-order chi connectivity index (χ1) is 8.70. The number of nitrogens with one attached hydrogen (secondary N) is 1. The first-order valence-corrected chi connectivity index (χ1v) is 6.39. The van der Waals surface area contributed by atoms with Crippen LogP contribution in [0.5, 0.6) is 0 Å². The van der Waals surface area contributed by atoms with Gasteiger partial charge in [0.15, 0.2) is 0 Å². The van der Waals surface area contributed by atoms with Gasteiger partial charge in [0.1, 0.15) is 6.61 Å². The zero-order valence-electron chi connectivity index (χ0n) is 10.3. The molecule has 0 radical (unpaired) electrons. The van der Waals surface area contributed by atoms with Gasteiger partial charge in [-0.1, -0.05) is 18.2 Å². The highest BCUT2D eigenvalue weighted by atomic mass is 32.1. The Morgan fingerprint density at radius 1 is 1.44 bits per heavy atom. The molecule has 1 N–H and O–H groups in total. The number of amides is 1. The van der Waals surface area contributed by atoms with Crippen LogP contribution >= 0.6 is 11.3 Å². The molecule has 1 aromatic carbocycles. The molecule has 0 saturated heterocycles. The minimum Gasteiger partial charge on any atom is -0.375 e. The van der Waals surface area contributed by atoms with Gasteiger partial charge >= 0.3 is 0 Å². The summed E-state index contributed by atoms with van der Waals surface area (Å²) in [5, 5.41) is 5.81. The number of aryl methyl sites for hydroxylation is 1. The fraction of sp³-hybridized carbons (Fsp3) is 0.231. The molecule has 0 atom stereocenters. The number of thiazole rings is 1. The summed E-state index contributed by atoms with van der Waals surface area (Å²) in [5.74, 6) is -0.170. The monoisotopic (exact) mass is 262 g/mol. The van der Waals surface area contributed by atoms with Crippen molar-refractivity contribution >= 4 is 22.9 Å². The Kier molecular flexibility index (Phi) is 4.07. The van der Waals surface area contributed by atoms with Crippen molar-refractivity contribution in [2.45, 2.75) is 6.92 Å². The zero-order valence-corrected chi connectivity index (χ0v) is 11.1. The number of anilines is 1. The van der Waals surface area contributed by atoms with Gasteiger partial charge in [-0.15, -0.1) is 11.3 Å². The maximum Gasteiger partial charge on any atom is 0.250 e. The van der Waals surface area contributed by atoms with Crippen LogP contribution in [-0.4, -0.2) is 24.6 Å². The molecule has 0 saturated carbocycles. The van der Waals surface area contributed by atoms with E-state index >= 15 is 0 Å². The van der Waals surface area contributed by atoms with E-state index < -0.39 is 0 Å². The van der Waals surface area contributed by atoms with E-state index in [0.29, 0.717) is 0 Å². The first kappa shape index (κ1) is 12.7. The molecule has 0 fully saturated rings. The van der Waals surface area contributed by atoms with Crippen LogP contribution in [0, 0.1) is 6.92 Å². The quantitative estimate of drug-likeness (QED) is 0.921. The second-order valence-corrected chi connectivity index (χ2v) is 4.84. The Bertz CT molecular complexity index is 551. The lowest BCUT2D eigenvalue weighted by Crippen LogP contribution is -2.17. The molecule has 94 valence electrons. The van der Waals surface area contributed by atoms with Crippen LogP contribution in [-0.2, 0) is 9.53 Å². The van der Waals surface area contributed by atoms with Gasteiger partial charge < -0.3 is 10.1 Å². The van der Waals surface area contributed by atoms with Crippen molar-refractivity contribution in [3.63, 3.8) is 0 Å². The lowest BCUT2D eigenvalue weighted by molar-refractivity contribution is -0.119. The number of rotatable bonds is 4. The van der Waals surface area contributed by atoms with E-state index in [1.165, 1.54) is 7.11 Å². The molecule has 5 heteroatoms. The Morgan fingerprint density at radius 3 is 2.89 bits per heavy atom. The molecular weight excluding hydrogens is 248 g/mol. The van der Waals surface area contributed by atoms with Gasteiger partial charge in [-0.3, -0.25) is 4.79 Å². The van der Waals surface area contributed by atoms with Gasteiger partial charge in [-0.2, -0.15) is 0 Å². The number of ether oxygens (including phenoxy) is 1. The van der Waals surface area contributed by atoms with Crippen molar-refractivity contribution in [1.29, 1.82) is 0 Å². The molecule has 2 aromatic rings. The Morgan fingerprint density at radius 2 is 2.22 bits per heavy atom. The van der Waals surface area contributed by atoms with Gasteiger partial charge in [-0.05, 0) is 13.0 Å². The summed E-state index contributed by atoms with van der Waals surface area (Å²) < 4.78 is 4.80. The summed E-state index contributed by atoms with van der Waals surface area (Å²) in [6, 6.07) is 7.61. The summed E-state index contributed by atoms with van der Waals surface area (Å²) in [6.45, 7) is 2.00. The van der Waals surface area contributed by atoms with Crippen LogP contribution in [0.2, 0.25) is 0 Å². The number of para-hydroxylation sites is 1. The van der Waals surface area contributed by atoms with Crippen LogP contribution < -0.4 is 5.32 Å². The minimum absolute atomic E-state index is 0.0461. The van der Waals surface area contributed by atoms with Crippen molar-refractivity contribution in [1.82, 2.24) is 4.98 Å². The van der Waals surface area contributed by atoms with Crippen LogP contribution in [0.15, 0.2) is 29.6 Å². The van der Waals surface area contributed by atoms with E-state index in [9.17, 15) is 4.79 Å². The summed E-state index contributed by atoms with van der Waals surface area (Å²) in [5.41, 5.74) is 2.56. The number of aromatic nitrogens is 1. The third kappa shape index (κ3) is 2.94. The largest absolute Gasteiger partial charge is 0.375 e. The van der Waals surface area contributed by atoms with E-state index in [4.69, 9.17) is 4.74 Å². The second-order valence-electron chi connectivity index (χ2n) is 3.78. The van der Waals surface area contributed by atoms with Gasteiger partial charge in [0.05, 0.1) is 16.4 Å². The molecule has 1 heterocycles. The Hall–Kier alpha value is -1.72. The van der Waals surface area contributed by atoms with Crippen molar-refractivity contribution in [3.05, 3.63) is 34.7 Å². The van der Waals surface area contributed by atoms with Crippen LogP contribution in [0.1, 0.15) is 5.01 Å². The lowest BCUT2D eigenvalue weighted by Gasteiger charge is -2.08. The average Bonchev–Trinajstić information content (AvgIpc) is 2.77. The number of carbonyl (C=O) groups excluding carboxylic acids is 1. The number of hydrogen-bond acceptors (Lipinski definition) is 4. The lowest BCUT2D eigenvalue weighted by atomic mass is 10.1. The maximum absolute atomic E-state index is 11.5. The molecule has 2 rings (SSSR count). The van der Waals surface area contributed by atoms with E-state index in [1.807, 2.05) is 36.6 Å². The highest BCUT2D eigenvalue weighted by molar-refractivity contribution is 7.09. The number of carbonyl (C=O) groups is 1. The van der Waals surface area contributed by atoms with Crippen LogP contribution in [0.25, 0.3) is 11.3 Å². The van der Waals surface area contributed by atoms with Gasteiger partial charge in [0.2, 0.25) is 5.91 Å². The normalized spacial score (nSPS) is 10.3. The molecule has 18 heavy (non-hydrogen) atoms. The van der Waals surface area contributed by atoms with Gasteiger partial charge in [0, 0.05) is 18.1 Å². The predicted molar refractivity (Wildman–Crippen MR) is 72.8 cm³/mol. The molecule has 0 unspecified atom stereocenters. The van der Waals surface area contributed by atoms with Gasteiger partial charge in [-0.25, -0.2) is 4.98 Å². The highest BCUT2D eigenvalue weighted by Gasteiger charge is 2.09. The molecule has 0 aliphatic heterocycles. The minimum atomic E-state index is -0.170. The average molecular weight is 262 g/mol. The fourth-order valence-corrected chi connectivity index (χ4v) is 2.23. The third-order valence-electron chi connectivity index (χ3n) is 2.37. The molecule has 0 aliphatic rings. The van der Waals surface area contributed by atoms with E-state index in [1.54, 1.807) is 11.3 Å². The molecule has 0 bridgehead atoms. The van der Waals surface area contributed by atoms with Gasteiger partial charge in [0.25, 0.3) is 0 Å². The van der Waals surface area contributed by atoms with Crippen molar-refractivity contribution in [3.8, 4) is 11.3 Å². The first-order valence-electron chi connectivity index (χ1n) is 5.51. The molecule has 0 spiro atoms. The van der Waals surface area contributed by atoms with Crippen molar-refractivity contribution in [2.24, 2.45) is 0 Å². The molecule has 1 amide bonds. The molecular formula is C13H14N2O2S. The topological polar surface area (TPSA) is 51.2 Å². The summed E-state index contributed by atoms with van der Waals surface area (Å²) in [7, 11) is 1.50. The van der Waals surface area contributed by atoms with Crippen LogP contribution in [0.3, 0.4) is 0 Å². The standard InChI is InChI=1S/C13H14N2O2S/c1-9-14-12(8-18-9)10-5-3-4-6-11(10)15-13(16)7-17-2/h3-6,8H,7H2,1-2H3,(H,15,16). The number of methoxy groups -OCH3 is 1. The predicted octanol–water partition coefficient (Wildman–Crippen LogP) is 2.70. The van der Waals surface area contributed by atoms with Crippen LogP contribution in [0.4, 0.5) is 5.69 Å². The summed E-state index contributed by atoms with van der Waals surface area (Å²) in [6.07, 6.45) is 0. The number of hydrogen-bond donors (Lipinski definition) is 1. The van der Waals surface area contributed by atoms with E-state index in [0.717, 1.165) is 22.0 Å². The molecule has 0 aliphatic carbocycles. The van der Waals surface area contributed by atoms with Crippen molar-refractivity contribution in [2.75, 3.05) is 19.0 Å². The SMILES string of the molecule is COCC(=O)Nc1ccccc1-c1csc(C)n1. The third-order valence-corrected chi connectivity index (χ3v) is 3.15. The summed E-state index contributed by atoms with van der Waals surface area (Å²) in [4.78, 5) is 16.0. The van der Waals surface area contributed by atoms with Crippen molar-refractivity contribution < 1.29 is 9.53 Å². The Labute approximate surface area is 110 Å². The molecule has 1 aromatic heterocycles. The van der Waals surface area contributed by atoms with E-state index in [-0.39, 0.29) is 12.5 Å². The summed E-state index contributed by atoms with van der Waals surface area (Å²) >= 11 is 1.59. The van der Waals surface area contributed by atoms with E-state index in [2.05, 4.69) is 10.3 Å². The fourth-order valence-electron chi connectivity index (χ4n) is 1.62. The smallest absolute Gasteiger partial charge is 0.250 e. The highest BCUT2D eigenvalue weighted by Crippen LogP contribution is 2.28. The maximum atomic E-state index is 11.5. The number of benzene rings is 1. The number of nitrogens with zero attached hydrogens (tertiary/aromatic N) is 1. The second kappa shape index (κ2) is 5.75. The zero-order chi connectivity index (χ0) is 13.0. The Balaban J connectivity index is 2.28. The molecule has 4 nitrogen and oxygen atoms in total.